The van der Waals surface area contributed by atoms with Crippen molar-refractivity contribution in [2.24, 2.45) is 5.73 Å². The Morgan fingerprint density at radius 2 is 2.31 bits per heavy atom. The summed E-state index contributed by atoms with van der Waals surface area (Å²) >= 11 is 0. The molecule has 0 fully saturated rings. The van der Waals surface area contributed by atoms with Gasteiger partial charge in [0.2, 0.25) is 0 Å². The van der Waals surface area contributed by atoms with Crippen LogP contribution < -0.4 is 5.73 Å². The van der Waals surface area contributed by atoms with E-state index in [0.717, 1.165) is 0 Å². The quantitative estimate of drug-likeness (QED) is 0.587. The number of nitrogens with one attached hydrogen (secondary N) is 1. The van der Waals surface area contributed by atoms with Crippen LogP contribution in [-0.2, 0) is 0 Å². The molecule has 0 saturated heterocycles. The van der Waals surface area contributed by atoms with Gasteiger partial charge in [-0.15, -0.1) is 0 Å². The number of imidazole rings is 1. The number of aromatic hydroxyl groups is 1. The minimum atomic E-state index is -0.685. The second-order valence-corrected chi connectivity index (χ2v) is 2.62. The molecule has 5 heteroatoms. The number of amides is 1. The normalized spacial score (nSPS) is 10.5. The van der Waals surface area contributed by atoms with E-state index >= 15 is 0 Å². The Morgan fingerprint density at radius 1 is 1.54 bits per heavy atom. The second-order valence-electron chi connectivity index (χ2n) is 2.62. The molecule has 66 valence electrons. The number of nitrogens with zero attached hydrogens (tertiary/aromatic N) is 1. The molecule has 2 rings (SSSR count). The van der Waals surface area contributed by atoms with Gasteiger partial charge in [0.25, 0.3) is 5.91 Å². The molecule has 1 aromatic heterocycles. The molecule has 1 heterocycles. The monoisotopic (exact) mass is 177 g/mol. The van der Waals surface area contributed by atoms with Gasteiger partial charge in [-0.25, -0.2) is 4.98 Å². The SMILES string of the molecule is NC(=O)c1c(O)ccc2[nH]cnc12. The van der Waals surface area contributed by atoms with Crippen LogP contribution in [0.3, 0.4) is 0 Å². The van der Waals surface area contributed by atoms with Gasteiger partial charge in [0.15, 0.2) is 0 Å². The van der Waals surface area contributed by atoms with Crippen LogP contribution in [0.5, 0.6) is 5.75 Å². The zero-order chi connectivity index (χ0) is 9.42. The molecule has 0 aliphatic rings. The van der Waals surface area contributed by atoms with Crippen molar-refractivity contribution >= 4 is 16.9 Å². The lowest BCUT2D eigenvalue weighted by molar-refractivity contribution is 0.0999. The van der Waals surface area contributed by atoms with Gasteiger partial charge in [-0.3, -0.25) is 4.79 Å². The Balaban J connectivity index is 2.88. The summed E-state index contributed by atoms with van der Waals surface area (Å²) in [5, 5.41) is 9.34. The Hall–Kier alpha value is -2.04. The highest BCUT2D eigenvalue weighted by Crippen LogP contribution is 2.23. The van der Waals surface area contributed by atoms with Gasteiger partial charge in [0.1, 0.15) is 16.8 Å². The van der Waals surface area contributed by atoms with Gasteiger partial charge >= 0.3 is 0 Å². The fourth-order valence-electron chi connectivity index (χ4n) is 1.24. The molecular formula is C8H7N3O2. The minimum Gasteiger partial charge on any atom is -0.507 e. The largest absolute Gasteiger partial charge is 0.507 e. The fraction of sp³-hybridized carbons (Fsp3) is 0. The van der Waals surface area contributed by atoms with E-state index in [0.29, 0.717) is 11.0 Å². The third-order valence-electron chi connectivity index (χ3n) is 1.82. The average Bonchev–Trinajstić information content (AvgIpc) is 2.50. The molecule has 1 amide bonds. The Labute approximate surface area is 73.2 Å². The van der Waals surface area contributed by atoms with Crippen LogP contribution in [0.1, 0.15) is 10.4 Å². The molecule has 13 heavy (non-hydrogen) atoms. The minimum absolute atomic E-state index is 0.0544. The highest BCUT2D eigenvalue weighted by molar-refractivity contribution is 6.06. The van der Waals surface area contributed by atoms with Crippen LogP contribution >= 0.6 is 0 Å². The van der Waals surface area contributed by atoms with Gasteiger partial charge in [0.05, 0.1) is 11.8 Å². The summed E-state index contributed by atoms with van der Waals surface area (Å²) in [4.78, 5) is 17.6. The zero-order valence-electron chi connectivity index (χ0n) is 6.61. The van der Waals surface area contributed by atoms with Gasteiger partial charge in [-0.05, 0) is 12.1 Å². The van der Waals surface area contributed by atoms with Crippen LogP contribution in [-0.4, -0.2) is 21.0 Å². The first-order valence-corrected chi connectivity index (χ1v) is 3.65. The molecule has 4 N–H and O–H groups in total. The lowest BCUT2D eigenvalue weighted by Gasteiger charge is -1.99. The molecule has 0 bridgehead atoms. The maximum absolute atomic E-state index is 10.9. The van der Waals surface area contributed by atoms with Crippen LogP contribution in [0.4, 0.5) is 0 Å². The Kier molecular flexibility index (Phi) is 1.45. The van der Waals surface area contributed by atoms with Crippen LogP contribution in [0.25, 0.3) is 11.0 Å². The zero-order valence-corrected chi connectivity index (χ0v) is 6.61. The van der Waals surface area contributed by atoms with Crippen molar-refractivity contribution in [3.05, 3.63) is 24.0 Å². The summed E-state index contributed by atoms with van der Waals surface area (Å²) in [6.45, 7) is 0. The first kappa shape index (κ1) is 7.60. The highest BCUT2D eigenvalue weighted by atomic mass is 16.3. The molecule has 5 nitrogen and oxygen atoms in total. The average molecular weight is 177 g/mol. The number of nitrogens with two attached hydrogens (primary N) is 1. The smallest absolute Gasteiger partial charge is 0.254 e. The van der Waals surface area contributed by atoms with E-state index in [1.165, 1.54) is 12.4 Å². The summed E-state index contributed by atoms with van der Waals surface area (Å²) < 4.78 is 0. The number of fused-ring (bicyclic) bond motifs is 1. The predicted octanol–water partition coefficient (Wildman–Crippen LogP) is 0.367. The Bertz CT molecular complexity index is 475. The molecule has 0 atom stereocenters. The van der Waals surface area contributed by atoms with E-state index in [1.807, 2.05) is 0 Å². The number of aromatic nitrogens is 2. The number of carbonyl (C=O) groups excluding carboxylic acids is 1. The van der Waals surface area contributed by atoms with Gasteiger partial charge < -0.3 is 15.8 Å². The van der Waals surface area contributed by atoms with E-state index < -0.39 is 5.91 Å². The third-order valence-corrected chi connectivity index (χ3v) is 1.82. The van der Waals surface area contributed by atoms with E-state index in [4.69, 9.17) is 5.73 Å². The lowest BCUT2D eigenvalue weighted by atomic mass is 10.1. The number of benzene rings is 1. The molecule has 0 spiro atoms. The van der Waals surface area contributed by atoms with Gasteiger partial charge in [0, 0.05) is 0 Å². The van der Waals surface area contributed by atoms with Crippen molar-refractivity contribution in [3.8, 4) is 5.75 Å². The third kappa shape index (κ3) is 1.01. The van der Waals surface area contributed by atoms with E-state index in [9.17, 15) is 9.90 Å². The fourth-order valence-corrected chi connectivity index (χ4v) is 1.24. The topological polar surface area (TPSA) is 92.0 Å². The Morgan fingerprint density at radius 3 is 3.00 bits per heavy atom. The molecule has 2 aromatic rings. The lowest BCUT2D eigenvalue weighted by Crippen LogP contribution is -2.11. The first-order chi connectivity index (χ1) is 6.20. The number of H-pyrrole nitrogens is 1. The summed E-state index contributed by atoms with van der Waals surface area (Å²) in [6, 6.07) is 3.03. The molecule has 1 aromatic carbocycles. The predicted molar refractivity (Wildman–Crippen MR) is 46.3 cm³/mol. The van der Waals surface area contributed by atoms with Gasteiger partial charge in [-0.2, -0.15) is 0 Å². The number of carbonyl (C=O) groups is 1. The van der Waals surface area contributed by atoms with Gasteiger partial charge in [-0.1, -0.05) is 0 Å². The number of hydrogen-bond donors (Lipinski definition) is 3. The molecule has 0 unspecified atom stereocenters. The van der Waals surface area contributed by atoms with Crippen molar-refractivity contribution in [3.63, 3.8) is 0 Å². The molecule has 0 radical (unpaired) electrons. The summed E-state index contributed by atoms with van der Waals surface area (Å²) in [5.74, 6) is -0.831. The van der Waals surface area contributed by atoms with E-state index in [1.54, 1.807) is 6.07 Å². The molecular weight excluding hydrogens is 170 g/mol. The van der Waals surface area contributed by atoms with Crippen molar-refractivity contribution < 1.29 is 9.90 Å². The number of phenols is 1. The van der Waals surface area contributed by atoms with Crippen molar-refractivity contribution in [2.45, 2.75) is 0 Å². The van der Waals surface area contributed by atoms with Crippen LogP contribution in [0, 0.1) is 0 Å². The second kappa shape index (κ2) is 2.48. The van der Waals surface area contributed by atoms with Crippen molar-refractivity contribution in [2.75, 3.05) is 0 Å². The van der Waals surface area contributed by atoms with E-state index in [-0.39, 0.29) is 11.3 Å². The van der Waals surface area contributed by atoms with Crippen molar-refractivity contribution in [1.82, 2.24) is 9.97 Å². The number of rotatable bonds is 1. The summed E-state index contributed by atoms with van der Waals surface area (Å²) in [6.07, 6.45) is 1.44. The standard InChI is InChI=1S/C8H7N3O2/c9-8(13)6-5(12)2-1-4-7(6)11-3-10-4/h1-3,12H,(H2,9,13)(H,10,11). The molecule has 0 aliphatic carbocycles. The van der Waals surface area contributed by atoms with Crippen LogP contribution in [0.2, 0.25) is 0 Å². The summed E-state index contributed by atoms with van der Waals surface area (Å²) in [7, 11) is 0. The number of aromatic amines is 1. The highest BCUT2D eigenvalue weighted by Gasteiger charge is 2.13. The molecule has 0 aliphatic heterocycles. The molecule has 0 saturated carbocycles. The van der Waals surface area contributed by atoms with Crippen LogP contribution in [0.15, 0.2) is 18.5 Å². The first-order valence-electron chi connectivity index (χ1n) is 3.65. The van der Waals surface area contributed by atoms with E-state index in [2.05, 4.69) is 9.97 Å². The summed E-state index contributed by atoms with van der Waals surface area (Å²) in [5.41, 5.74) is 6.21. The van der Waals surface area contributed by atoms with Crippen molar-refractivity contribution in [1.29, 1.82) is 0 Å². The number of primary amides is 1. The number of hydrogen-bond acceptors (Lipinski definition) is 3. The maximum Gasteiger partial charge on any atom is 0.254 e. The maximum atomic E-state index is 10.9.